The van der Waals surface area contributed by atoms with Gasteiger partial charge in [-0.25, -0.2) is 14.6 Å². The van der Waals surface area contributed by atoms with Crippen molar-refractivity contribution in [3.63, 3.8) is 0 Å². The van der Waals surface area contributed by atoms with Gasteiger partial charge in [-0.2, -0.15) is 0 Å². The topological polar surface area (TPSA) is 800 Å². The number of aromatic amines is 1. The third-order valence-electron chi connectivity index (χ3n) is 20.0. The molecule has 3 rings (SSSR count). The average Bonchev–Trinajstić information content (AvgIpc) is 1.68. The second kappa shape index (κ2) is 62.6. The van der Waals surface area contributed by atoms with Crippen LogP contribution >= 0.6 is 21.6 Å². The third kappa shape index (κ3) is 49.9. The predicted octanol–water partition coefficient (Wildman–Crippen LogP) is -11.0. The van der Waals surface area contributed by atoms with Gasteiger partial charge in [0.2, 0.25) is 41.4 Å². The van der Waals surface area contributed by atoms with Gasteiger partial charge in [0.1, 0.15) is 49.2 Å². The van der Waals surface area contributed by atoms with Crippen molar-refractivity contribution in [2.24, 2.45) is 5.92 Å². The second-order valence-corrected chi connectivity index (χ2v) is 34.3. The number of ketones is 1. The summed E-state index contributed by atoms with van der Waals surface area (Å²) in [5.74, 6) is -25.1. The minimum absolute atomic E-state index is 0.00570. The largest absolute Gasteiger partial charge is 0.549 e. The zero-order valence-electron chi connectivity index (χ0n) is 75.7. The smallest absolute Gasteiger partial charge is 0.407 e. The van der Waals surface area contributed by atoms with Gasteiger partial charge in [0.25, 0.3) is 0 Å². The fraction of sp³-hybridized carbons (Fsp3) is 0.600. The highest BCUT2D eigenvalue weighted by molar-refractivity contribution is 8.76. The van der Waals surface area contributed by atoms with E-state index in [2.05, 4.69) is 69.7 Å². The van der Waals surface area contributed by atoms with Gasteiger partial charge >= 0.3 is 65.9 Å². The molecule has 764 valence electrons. The number of aliphatic hydroxyl groups is 1. The van der Waals surface area contributed by atoms with Crippen molar-refractivity contribution in [2.45, 2.75) is 113 Å². The highest BCUT2D eigenvalue weighted by Gasteiger charge is 2.42. The Hall–Kier alpha value is -13.0. The molecule has 9 amide bonds. The number of hydrogen-bond donors (Lipinski definition) is 21. The number of likely N-dealkylation sites (tertiary alicyclic amines) is 1. The lowest BCUT2D eigenvalue weighted by atomic mass is 10.0. The Bertz CT molecular complexity index is 4230. The molecule has 1 aliphatic rings. The standard InChI is InChI=1S/C80H122N20O35S2/c1-46(2)20-55(89-74(127)54(24-62(104)105)86-25-47(3)101)75(128)91-58(73(126)82-6)43-136-137-44-59(78(131)100-29-53(102)23-60(100)48(4)81-5)92-77(130)57(22-50-26-83-45-87-50)90-76(129)56(21-49-10-8-7-9-11-49)88-61(103)30-93(14-12-84-79(132)134-41-51(98(37-69(118)119)38-70(120)121)27-94(31-63(106)107)16-18-96(33-65(110)111)34-66(112)113)15-13-85-80(133)135-42-52(99(39-71(122)123)40-72(124)125)28-95(32-64(108)109)17-19-97(35-67(114)115)36-68(116)117/h7-11,26,45-46,51-60,81,86,102H,4,12-25,27-44H2,1-3,5-6H3,(H,82,126)(H,83,87)(H,84,132)(H,85,133)(H,88,103)(H,89,127)(H,90,129)(H,91,128)(H,92,130)(H,104,105)(H,106,107)(H,108,109)(H,110,111)(H,112,113)(H,114,115)(H,116,117)(H,118,119)(H,120,121)(H,122,123)(H,124,125)/p-2/t51-,52-,53?,54+,55?,56+,57+,58+,59?,60+/m1/s1. The summed E-state index contributed by atoms with van der Waals surface area (Å²) in [5.41, 5.74) is 0.844. The van der Waals surface area contributed by atoms with Gasteiger partial charge in [-0.05, 0) is 24.8 Å². The number of carboxylic acids is 11. The van der Waals surface area contributed by atoms with Gasteiger partial charge in [-0.1, -0.05) is 72.3 Å². The number of nitrogens with zero attached hydrogens (tertiary/aromatic N) is 9. The number of amides is 9. The molecular formula is C80H120N20O35S2-2. The van der Waals surface area contributed by atoms with Crippen LogP contribution in [0.1, 0.15) is 51.3 Å². The molecule has 1 aliphatic heterocycles. The van der Waals surface area contributed by atoms with E-state index in [0.29, 0.717) is 5.56 Å². The number of aliphatic carboxylic acids is 11. The number of ether oxygens (including phenoxy) is 2. The van der Waals surface area contributed by atoms with Gasteiger partial charge in [0.05, 0.1) is 126 Å². The third-order valence-corrected chi connectivity index (χ3v) is 22.4. The molecule has 0 bridgehead atoms. The molecule has 137 heavy (non-hydrogen) atoms. The maximum atomic E-state index is 15.2. The number of carbonyl (C=O) groups is 21. The Kier molecular flexibility index (Phi) is 54.0. The summed E-state index contributed by atoms with van der Waals surface area (Å²) in [4.78, 5) is 286. The van der Waals surface area contributed by atoms with Crippen molar-refractivity contribution in [1.29, 1.82) is 0 Å². The van der Waals surface area contributed by atoms with Crippen LogP contribution in [-0.4, -0.2) is 475 Å². The highest BCUT2D eigenvalue weighted by atomic mass is 33.1. The van der Waals surface area contributed by atoms with Crippen LogP contribution in [0.3, 0.4) is 0 Å². The first-order valence-corrected chi connectivity index (χ1v) is 44.9. The van der Waals surface area contributed by atoms with Crippen molar-refractivity contribution in [1.82, 2.24) is 102 Å². The lowest BCUT2D eigenvalue weighted by Gasteiger charge is -2.34. The van der Waals surface area contributed by atoms with Gasteiger partial charge in [-0.15, -0.1) is 0 Å². The summed E-state index contributed by atoms with van der Waals surface area (Å²) < 4.78 is 10.8. The number of benzene rings is 1. The Morgan fingerprint density at radius 1 is 0.504 bits per heavy atom. The zero-order chi connectivity index (χ0) is 103. The first-order valence-electron chi connectivity index (χ1n) is 42.4. The SMILES string of the molecule is C=C(NC)[C@@H]1CC(O)CN1C(=O)C(CSSC[C@H](NC(=O)C(CC(C)C)NC(=O)[C@H](CC(=O)O)NCC(C)=O)C(=O)NC)NC(=O)[C@H](Cc1c[nH]cn1)NC(=O)[C@H](Cc1ccccc1)NC(=O)CN(CCNC(=O)OC[C@@H](CN(CCN(CC(=O)O)CC(=O)O)CC(=O)O)N(CC(=O)[O-])CC(=O)O)CCNC(=O)OC[C@@H](CN(CCN(CC(=O)O)CC(=O)O)CC(=O)O)N(CC(=O)[O-])CC(=O)O. The number of carbonyl (C=O) groups excluding carboxylic acids is 12. The van der Waals surface area contributed by atoms with Crippen LogP contribution in [0.5, 0.6) is 0 Å². The van der Waals surface area contributed by atoms with E-state index in [1.165, 1.54) is 43.3 Å². The Balaban J connectivity index is 2.17. The van der Waals surface area contributed by atoms with E-state index in [0.717, 1.165) is 51.0 Å². The molecule has 0 saturated carbocycles. The van der Waals surface area contributed by atoms with Crippen molar-refractivity contribution in [3.8, 4) is 0 Å². The summed E-state index contributed by atoms with van der Waals surface area (Å²) in [6.07, 6.45) is -2.74. The molecule has 1 fully saturated rings. The van der Waals surface area contributed by atoms with E-state index in [1.54, 1.807) is 44.2 Å². The molecule has 21 N–H and O–H groups in total. The number of imidazole rings is 1. The Labute approximate surface area is 792 Å². The number of aromatic nitrogens is 2. The van der Waals surface area contributed by atoms with Crippen molar-refractivity contribution in [2.75, 3.05) is 189 Å². The Morgan fingerprint density at radius 2 is 0.927 bits per heavy atom. The first kappa shape index (κ1) is 118. The van der Waals surface area contributed by atoms with Gasteiger partial charge in [-0.3, -0.25) is 121 Å². The van der Waals surface area contributed by atoms with Crippen LogP contribution in [0, 0.1) is 5.92 Å². The highest BCUT2D eigenvalue weighted by Crippen LogP contribution is 2.28. The number of nitrogens with one attached hydrogen (secondary N) is 11. The monoisotopic (exact) mass is 1980 g/mol. The lowest BCUT2D eigenvalue weighted by molar-refractivity contribution is -0.308. The van der Waals surface area contributed by atoms with Crippen molar-refractivity contribution < 1.29 is 171 Å². The molecular weight excluding hydrogens is 1870 g/mol. The molecule has 10 atom stereocenters. The van der Waals surface area contributed by atoms with Crippen LogP contribution in [0.25, 0.3) is 0 Å². The minimum atomic E-state index is -1.86. The van der Waals surface area contributed by atoms with Crippen molar-refractivity contribution >= 4 is 147 Å². The summed E-state index contributed by atoms with van der Waals surface area (Å²) in [7, 11) is 4.65. The lowest BCUT2D eigenvalue weighted by Crippen LogP contribution is -2.59. The van der Waals surface area contributed by atoms with Crippen LogP contribution in [0.15, 0.2) is 55.1 Å². The van der Waals surface area contributed by atoms with E-state index in [-0.39, 0.29) is 61.2 Å². The normalized spacial score (nSPS) is 14.7. The first-order chi connectivity index (χ1) is 64.5. The molecule has 3 unspecified atom stereocenters. The number of carboxylic acid groups (broad SMARTS) is 11. The average molecular weight is 1990 g/mol. The summed E-state index contributed by atoms with van der Waals surface area (Å²) in [6, 6.07) is -5.14. The molecule has 55 nitrogen and oxygen atoms in total. The van der Waals surface area contributed by atoms with E-state index < -0.39 is 349 Å². The quantitative estimate of drug-likeness (QED) is 0.0216. The van der Waals surface area contributed by atoms with Gasteiger partial charge in [0, 0.05) is 142 Å². The molecule has 1 saturated heterocycles. The van der Waals surface area contributed by atoms with Crippen LogP contribution in [-0.2, 0) is 113 Å². The van der Waals surface area contributed by atoms with Gasteiger partial charge in [0.15, 0.2) is 0 Å². The number of hydrogen-bond acceptors (Lipinski definition) is 38. The Morgan fingerprint density at radius 3 is 1.35 bits per heavy atom. The van der Waals surface area contributed by atoms with E-state index >= 15 is 14.4 Å². The number of H-pyrrole nitrogens is 1. The second-order valence-electron chi connectivity index (χ2n) is 31.8. The molecule has 1 aromatic heterocycles. The minimum Gasteiger partial charge on any atom is -0.549 e. The number of rotatable bonds is 73. The maximum absolute atomic E-state index is 15.2. The summed E-state index contributed by atoms with van der Waals surface area (Å²) in [6.45, 7) is -9.58. The van der Waals surface area contributed by atoms with E-state index in [1.807, 2.05) is 0 Å². The molecule has 1 aromatic carbocycles. The number of β-amino-alcohol motifs (C(OH)–C–C–N with tert-alkyl or cyclic N) is 1. The molecule has 0 spiro atoms. The molecule has 57 heteroatoms. The van der Waals surface area contributed by atoms with Crippen molar-refractivity contribution in [3.05, 3.63) is 66.4 Å². The number of alkyl carbamates (subject to hydrolysis) is 2. The summed E-state index contributed by atoms with van der Waals surface area (Å²) >= 11 is 0. The number of Topliss-reactive ketones (excluding diaryl/α,β-unsaturated/α-hetero) is 1. The molecule has 2 aromatic rings. The molecule has 0 aliphatic carbocycles. The van der Waals surface area contributed by atoms with Crippen LogP contribution in [0.2, 0.25) is 0 Å². The van der Waals surface area contributed by atoms with Gasteiger partial charge < -0.3 is 138 Å². The van der Waals surface area contributed by atoms with Crippen LogP contribution in [0.4, 0.5) is 9.59 Å². The number of aliphatic hydroxyl groups excluding tert-OH is 1. The van der Waals surface area contributed by atoms with E-state index in [9.17, 15) is 148 Å². The predicted molar refractivity (Wildman–Crippen MR) is 472 cm³/mol. The van der Waals surface area contributed by atoms with E-state index in [4.69, 9.17) is 9.47 Å². The zero-order valence-corrected chi connectivity index (χ0v) is 77.4. The maximum Gasteiger partial charge on any atom is 0.407 e. The van der Waals surface area contributed by atoms with Crippen LogP contribution < -0.4 is 63.4 Å². The number of likely N-dealkylation sites (N-methyl/N-ethyl adjacent to an activating group) is 2. The molecule has 0 radical (unpaired) electrons. The fourth-order valence-electron chi connectivity index (χ4n) is 13.7. The molecule has 2 heterocycles. The summed E-state index contributed by atoms with van der Waals surface area (Å²) in [5, 5.41) is 148. The fourth-order valence-corrected chi connectivity index (χ4v) is 16.1.